The normalized spacial score (nSPS) is 12.2. The lowest BCUT2D eigenvalue weighted by Gasteiger charge is -2.04. The Morgan fingerprint density at radius 2 is 1.76 bits per heavy atom. The standard InChI is InChI=1S/C20H16N4O/c1-12-8-9-15-11-24-19(16(15)10-12)21-22-20(24)17-13(2)25-23-18(17)14-6-4-3-5-7-14/h3-10H,11H2,1-2H3. The molecule has 25 heavy (non-hydrogen) atoms. The molecular formula is C20H16N4O. The average Bonchev–Trinajstić information content (AvgIpc) is 3.29. The first-order chi connectivity index (χ1) is 12.2. The van der Waals surface area contributed by atoms with Crippen LogP contribution in [0.15, 0.2) is 53.1 Å². The van der Waals surface area contributed by atoms with Gasteiger partial charge in [-0.25, -0.2) is 0 Å². The Hall–Kier alpha value is -3.21. The van der Waals surface area contributed by atoms with Crippen molar-refractivity contribution in [3.8, 4) is 34.0 Å². The summed E-state index contributed by atoms with van der Waals surface area (Å²) in [6, 6.07) is 16.5. The third-order valence-corrected chi connectivity index (χ3v) is 4.72. The minimum Gasteiger partial charge on any atom is -0.360 e. The third kappa shape index (κ3) is 2.05. The molecule has 1 aliphatic heterocycles. The molecule has 1 aliphatic rings. The predicted octanol–water partition coefficient (Wildman–Crippen LogP) is 4.25. The summed E-state index contributed by atoms with van der Waals surface area (Å²) in [4.78, 5) is 0. The SMILES string of the molecule is Cc1ccc2c(c1)-c1nnc(-c3c(-c4ccccc4)noc3C)n1C2. The number of hydrogen-bond acceptors (Lipinski definition) is 4. The van der Waals surface area contributed by atoms with Crippen molar-refractivity contribution in [1.82, 2.24) is 19.9 Å². The van der Waals surface area contributed by atoms with E-state index in [4.69, 9.17) is 4.52 Å². The van der Waals surface area contributed by atoms with Crippen LogP contribution in [0, 0.1) is 13.8 Å². The summed E-state index contributed by atoms with van der Waals surface area (Å²) in [6.45, 7) is 4.78. The van der Waals surface area contributed by atoms with Gasteiger partial charge in [0.25, 0.3) is 0 Å². The van der Waals surface area contributed by atoms with Gasteiger partial charge in [-0.2, -0.15) is 0 Å². The molecule has 0 atom stereocenters. The highest BCUT2D eigenvalue weighted by Crippen LogP contribution is 2.38. The van der Waals surface area contributed by atoms with Gasteiger partial charge in [0.15, 0.2) is 11.6 Å². The predicted molar refractivity (Wildman–Crippen MR) is 95.0 cm³/mol. The fraction of sp³-hybridized carbons (Fsp3) is 0.150. The maximum atomic E-state index is 5.50. The molecule has 0 radical (unpaired) electrons. The molecule has 0 saturated heterocycles. The van der Waals surface area contributed by atoms with Crippen molar-refractivity contribution in [3.63, 3.8) is 0 Å². The van der Waals surface area contributed by atoms with E-state index < -0.39 is 0 Å². The van der Waals surface area contributed by atoms with Crippen LogP contribution in [0.1, 0.15) is 16.9 Å². The number of fused-ring (bicyclic) bond motifs is 3. The Balaban J connectivity index is 1.70. The van der Waals surface area contributed by atoms with Gasteiger partial charge in [-0.05, 0) is 25.5 Å². The second-order valence-corrected chi connectivity index (χ2v) is 6.42. The smallest absolute Gasteiger partial charge is 0.170 e. The van der Waals surface area contributed by atoms with E-state index >= 15 is 0 Å². The van der Waals surface area contributed by atoms with E-state index in [2.05, 4.69) is 45.0 Å². The second kappa shape index (κ2) is 5.14. The maximum absolute atomic E-state index is 5.50. The molecular weight excluding hydrogens is 312 g/mol. The Kier molecular flexibility index (Phi) is 2.91. The van der Waals surface area contributed by atoms with Crippen LogP contribution in [0.4, 0.5) is 0 Å². The molecule has 0 N–H and O–H groups in total. The summed E-state index contributed by atoms with van der Waals surface area (Å²) < 4.78 is 7.65. The molecule has 2 aromatic heterocycles. The number of aromatic nitrogens is 4. The summed E-state index contributed by atoms with van der Waals surface area (Å²) in [5, 5.41) is 13.2. The lowest BCUT2D eigenvalue weighted by molar-refractivity contribution is 0.400. The zero-order valence-corrected chi connectivity index (χ0v) is 14.0. The van der Waals surface area contributed by atoms with Crippen molar-refractivity contribution in [3.05, 3.63) is 65.4 Å². The summed E-state index contributed by atoms with van der Waals surface area (Å²) in [5.74, 6) is 2.47. The van der Waals surface area contributed by atoms with Crippen molar-refractivity contribution >= 4 is 0 Å². The Morgan fingerprint density at radius 3 is 2.60 bits per heavy atom. The van der Waals surface area contributed by atoms with Gasteiger partial charge in [-0.15, -0.1) is 10.2 Å². The van der Waals surface area contributed by atoms with Crippen LogP contribution < -0.4 is 0 Å². The Bertz CT molecular complexity index is 1090. The molecule has 5 nitrogen and oxygen atoms in total. The average molecular weight is 328 g/mol. The molecule has 0 fully saturated rings. The van der Waals surface area contributed by atoms with Gasteiger partial charge < -0.3 is 9.09 Å². The van der Waals surface area contributed by atoms with E-state index in [1.165, 1.54) is 11.1 Å². The molecule has 3 heterocycles. The van der Waals surface area contributed by atoms with Crippen molar-refractivity contribution in [1.29, 1.82) is 0 Å². The van der Waals surface area contributed by atoms with Crippen LogP contribution in [0.5, 0.6) is 0 Å². The summed E-state index contributed by atoms with van der Waals surface area (Å²) in [7, 11) is 0. The highest BCUT2D eigenvalue weighted by molar-refractivity contribution is 5.80. The van der Waals surface area contributed by atoms with Gasteiger partial charge in [0.2, 0.25) is 0 Å². The Labute approximate surface area is 144 Å². The zero-order chi connectivity index (χ0) is 17.0. The lowest BCUT2D eigenvalue weighted by Crippen LogP contribution is -1.98. The van der Waals surface area contributed by atoms with Gasteiger partial charge in [-0.1, -0.05) is 53.2 Å². The molecule has 4 aromatic rings. The second-order valence-electron chi connectivity index (χ2n) is 6.42. The molecule has 5 heteroatoms. The van der Waals surface area contributed by atoms with Crippen LogP contribution in [0.25, 0.3) is 34.0 Å². The van der Waals surface area contributed by atoms with E-state index in [-0.39, 0.29) is 0 Å². The van der Waals surface area contributed by atoms with Crippen molar-refractivity contribution < 1.29 is 4.52 Å². The lowest BCUT2D eigenvalue weighted by atomic mass is 10.1. The molecule has 0 saturated carbocycles. The van der Waals surface area contributed by atoms with E-state index in [9.17, 15) is 0 Å². The molecule has 5 rings (SSSR count). The highest BCUT2D eigenvalue weighted by atomic mass is 16.5. The first-order valence-corrected chi connectivity index (χ1v) is 8.27. The summed E-state index contributed by atoms with van der Waals surface area (Å²) in [5.41, 5.74) is 6.39. The first-order valence-electron chi connectivity index (χ1n) is 8.27. The van der Waals surface area contributed by atoms with Gasteiger partial charge in [0, 0.05) is 11.1 Å². The molecule has 122 valence electrons. The molecule has 0 aliphatic carbocycles. The quantitative estimate of drug-likeness (QED) is 0.486. The van der Waals surface area contributed by atoms with Crippen molar-refractivity contribution in [2.45, 2.75) is 20.4 Å². The van der Waals surface area contributed by atoms with E-state index in [1.807, 2.05) is 37.3 Å². The first kappa shape index (κ1) is 14.2. The van der Waals surface area contributed by atoms with Crippen LogP contribution >= 0.6 is 0 Å². The molecule has 2 aromatic carbocycles. The number of aryl methyl sites for hydroxylation is 2. The van der Waals surface area contributed by atoms with Gasteiger partial charge in [-0.3, -0.25) is 0 Å². The number of hydrogen-bond donors (Lipinski definition) is 0. The fourth-order valence-electron chi connectivity index (χ4n) is 3.47. The topological polar surface area (TPSA) is 56.7 Å². The maximum Gasteiger partial charge on any atom is 0.170 e. The molecule has 0 amide bonds. The van der Waals surface area contributed by atoms with Crippen LogP contribution in [0.2, 0.25) is 0 Å². The van der Waals surface area contributed by atoms with Gasteiger partial charge >= 0.3 is 0 Å². The monoisotopic (exact) mass is 328 g/mol. The van der Waals surface area contributed by atoms with E-state index in [0.29, 0.717) is 0 Å². The van der Waals surface area contributed by atoms with Crippen LogP contribution in [-0.4, -0.2) is 19.9 Å². The van der Waals surface area contributed by atoms with Crippen LogP contribution in [0.3, 0.4) is 0 Å². The summed E-state index contributed by atoms with van der Waals surface area (Å²) >= 11 is 0. The van der Waals surface area contributed by atoms with E-state index in [1.54, 1.807) is 0 Å². The minimum absolute atomic E-state index is 0.751. The van der Waals surface area contributed by atoms with Gasteiger partial charge in [0.05, 0.1) is 12.1 Å². The number of rotatable bonds is 2. The zero-order valence-electron chi connectivity index (χ0n) is 14.0. The van der Waals surface area contributed by atoms with Crippen molar-refractivity contribution in [2.75, 3.05) is 0 Å². The summed E-state index contributed by atoms with van der Waals surface area (Å²) in [6.07, 6.45) is 0. The van der Waals surface area contributed by atoms with Crippen LogP contribution in [-0.2, 0) is 6.54 Å². The van der Waals surface area contributed by atoms with Gasteiger partial charge in [0.1, 0.15) is 11.5 Å². The fourth-order valence-corrected chi connectivity index (χ4v) is 3.47. The molecule has 0 bridgehead atoms. The third-order valence-electron chi connectivity index (χ3n) is 4.72. The minimum atomic E-state index is 0.751. The molecule has 0 unspecified atom stereocenters. The number of nitrogens with zero attached hydrogens (tertiary/aromatic N) is 4. The molecule has 0 spiro atoms. The largest absolute Gasteiger partial charge is 0.360 e. The van der Waals surface area contributed by atoms with Crippen molar-refractivity contribution in [2.24, 2.45) is 0 Å². The Morgan fingerprint density at radius 1 is 0.960 bits per heavy atom. The number of benzene rings is 2. The highest BCUT2D eigenvalue weighted by Gasteiger charge is 2.28. The van der Waals surface area contributed by atoms with E-state index in [0.717, 1.165) is 46.3 Å².